The summed E-state index contributed by atoms with van der Waals surface area (Å²) < 4.78 is 10.8. The smallest absolute Gasteiger partial charge is 0.223 e. The molecule has 3 N–H and O–H groups in total. The van der Waals surface area contributed by atoms with Crippen LogP contribution in [-0.2, 0) is 0 Å². The molecule has 0 amide bonds. The van der Waals surface area contributed by atoms with E-state index in [-0.39, 0.29) is 12.1 Å². The van der Waals surface area contributed by atoms with Crippen molar-refractivity contribution in [1.82, 2.24) is 9.97 Å². The number of ether oxygens (including phenoxy) is 2. The third-order valence-corrected chi connectivity index (χ3v) is 7.08. The summed E-state index contributed by atoms with van der Waals surface area (Å²) in [7, 11) is 3.12. The summed E-state index contributed by atoms with van der Waals surface area (Å²) in [5, 5.41) is 5.22. The van der Waals surface area contributed by atoms with Crippen LogP contribution >= 0.6 is 23.2 Å². The maximum Gasteiger partial charge on any atom is 0.223 e. The number of benzene rings is 2. The fourth-order valence-corrected chi connectivity index (χ4v) is 5.15. The Bertz CT molecular complexity index is 1100. The second-order valence-electron chi connectivity index (χ2n) is 8.51. The van der Waals surface area contributed by atoms with Crippen molar-refractivity contribution in [3.8, 4) is 22.6 Å². The number of anilines is 1. The Morgan fingerprint density at radius 3 is 2.30 bits per heavy atom. The van der Waals surface area contributed by atoms with Crippen LogP contribution in [0.15, 0.2) is 30.5 Å². The molecule has 2 atom stereocenters. The molecule has 6 nitrogen and oxygen atoms in total. The van der Waals surface area contributed by atoms with E-state index in [0.717, 1.165) is 29.3 Å². The lowest BCUT2D eigenvalue weighted by molar-refractivity contribution is 0.395. The van der Waals surface area contributed by atoms with Crippen LogP contribution in [0.4, 0.5) is 5.95 Å². The number of rotatable bonds is 5. The van der Waals surface area contributed by atoms with E-state index < -0.39 is 0 Å². The van der Waals surface area contributed by atoms with Crippen molar-refractivity contribution >= 4 is 40.1 Å². The third kappa shape index (κ3) is 5.29. The van der Waals surface area contributed by atoms with Crippen molar-refractivity contribution in [3.05, 3.63) is 40.5 Å². The van der Waals surface area contributed by atoms with Gasteiger partial charge in [0, 0.05) is 35.3 Å². The lowest BCUT2D eigenvalue weighted by atomic mass is 10.00. The fourth-order valence-electron chi connectivity index (χ4n) is 4.43. The van der Waals surface area contributed by atoms with Gasteiger partial charge in [0.1, 0.15) is 11.5 Å². The van der Waals surface area contributed by atoms with Crippen molar-refractivity contribution < 1.29 is 9.47 Å². The molecule has 4 rings (SSSR count). The number of methoxy groups -OCH3 is 2. The molecule has 3 aromatic rings. The zero-order valence-corrected chi connectivity index (χ0v) is 20.5. The summed E-state index contributed by atoms with van der Waals surface area (Å²) >= 11 is 13.2. The number of hydrogen-bond donors (Lipinski definition) is 2. The fraction of sp³-hybridized carbons (Fsp3) is 0.440. The minimum atomic E-state index is 0.108. The average molecular weight is 489 g/mol. The Labute approximate surface area is 204 Å². The van der Waals surface area contributed by atoms with Gasteiger partial charge >= 0.3 is 0 Å². The van der Waals surface area contributed by atoms with Crippen molar-refractivity contribution in [2.45, 2.75) is 57.0 Å². The van der Waals surface area contributed by atoms with Gasteiger partial charge in [-0.25, -0.2) is 9.97 Å². The van der Waals surface area contributed by atoms with Crippen LogP contribution in [0.25, 0.3) is 22.0 Å². The first kappa shape index (κ1) is 23.9. The minimum Gasteiger partial charge on any atom is -0.495 e. The maximum atomic E-state index is 6.59. The predicted octanol–water partition coefficient (Wildman–Crippen LogP) is 6.47. The summed E-state index contributed by atoms with van der Waals surface area (Å²) in [6, 6.07) is 7.82. The topological polar surface area (TPSA) is 82.3 Å². The van der Waals surface area contributed by atoms with Crippen LogP contribution in [0.3, 0.4) is 0 Å². The van der Waals surface area contributed by atoms with E-state index in [2.05, 4.69) is 10.3 Å². The van der Waals surface area contributed by atoms with Gasteiger partial charge in [0.2, 0.25) is 5.95 Å². The molecule has 0 spiro atoms. The Balaban J connectivity index is 1.64. The van der Waals surface area contributed by atoms with Crippen molar-refractivity contribution in [2.75, 3.05) is 19.5 Å². The van der Waals surface area contributed by atoms with E-state index in [1.165, 1.54) is 32.1 Å². The lowest BCUT2D eigenvalue weighted by Gasteiger charge is -2.24. The second kappa shape index (κ2) is 10.8. The Morgan fingerprint density at radius 2 is 1.61 bits per heavy atom. The van der Waals surface area contributed by atoms with E-state index >= 15 is 0 Å². The van der Waals surface area contributed by atoms with E-state index in [0.29, 0.717) is 33.1 Å². The molecule has 0 aliphatic heterocycles. The number of hydrogen-bond acceptors (Lipinski definition) is 6. The largest absolute Gasteiger partial charge is 0.495 e. The van der Waals surface area contributed by atoms with E-state index in [1.54, 1.807) is 20.3 Å². The highest BCUT2D eigenvalue weighted by Crippen LogP contribution is 2.46. The highest BCUT2D eigenvalue weighted by molar-refractivity contribution is 6.41. The van der Waals surface area contributed by atoms with E-state index in [4.69, 9.17) is 43.4 Å². The monoisotopic (exact) mass is 488 g/mol. The second-order valence-corrected chi connectivity index (χ2v) is 9.27. The standard InChI is InChI=1S/C25H30Cl2N4O2/c1-32-20-13-21(33-2)24(27)22(23(20)26)15-10-11-18-16(12-15)14-29-25(30-18)31-19-9-7-5-3-4-6-8-17(19)28/h10-14,17,19H,3-9,28H2,1-2H3,(H,29,30,31). The first-order valence-corrected chi connectivity index (χ1v) is 12.2. The first-order valence-electron chi connectivity index (χ1n) is 11.4. The number of nitrogens with one attached hydrogen (secondary N) is 1. The maximum absolute atomic E-state index is 6.59. The first-order chi connectivity index (χ1) is 16.0. The average Bonchev–Trinajstić information content (AvgIpc) is 2.92. The molecule has 1 aromatic heterocycles. The normalized spacial score (nSPS) is 19.4. The highest BCUT2D eigenvalue weighted by atomic mass is 35.5. The van der Waals surface area contributed by atoms with Crippen molar-refractivity contribution in [3.63, 3.8) is 0 Å². The molecule has 2 aromatic carbocycles. The molecule has 1 aliphatic rings. The summed E-state index contributed by atoms with van der Waals surface area (Å²) in [6.07, 6.45) is 10.1. The van der Waals surface area contributed by atoms with Gasteiger partial charge in [-0.2, -0.15) is 0 Å². The molecule has 1 fully saturated rings. The molecular weight excluding hydrogens is 459 g/mol. The van der Waals surface area contributed by atoms with Gasteiger partial charge < -0.3 is 20.5 Å². The number of fused-ring (bicyclic) bond motifs is 1. The Kier molecular flexibility index (Phi) is 7.78. The molecule has 2 unspecified atom stereocenters. The summed E-state index contributed by atoms with van der Waals surface area (Å²) in [5.41, 5.74) is 8.78. The van der Waals surface area contributed by atoms with Crippen LogP contribution in [0.2, 0.25) is 10.0 Å². The Hall–Kier alpha value is -2.28. The van der Waals surface area contributed by atoms with Gasteiger partial charge in [0.15, 0.2) is 0 Å². The van der Waals surface area contributed by atoms with Crippen LogP contribution in [-0.4, -0.2) is 36.3 Å². The van der Waals surface area contributed by atoms with Gasteiger partial charge in [-0.3, -0.25) is 0 Å². The molecule has 1 saturated carbocycles. The molecule has 0 radical (unpaired) electrons. The van der Waals surface area contributed by atoms with Gasteiger partial charge in [-0.15, -0.1) is 0 Å². The molecule has 1 heterocycles. The van der Waals surface area contributed by atoms with Crippen LogP contribution in [0, 0.1) is 0 Å². The summed E-state index contributed by atoms with van der Waals surface area (Å²) in [5.74, 6) is 1.60. The summed E-state index contributed by atoms with van der Waals surface area (Å²) in [4.78, 5) is 9.30. The lowest BCUT2D eigenvalue weighted by Crippen LogP contribution is -2.40. The van der Waals surface area contributed by atoms with Gasteiger partial charge in [0.25, 0.3) is 0 Å². The minimum absolute atomic E-state index is 0.108. The number of aromatic nitrogens is 2. The zero-order valence-electron chi connectivity index (χ0n) is 19.0. The number of nitrogens with two attached hydrogens (primary N) is 1. The predicted molar refractivity (Wildman–Crippen MR) is 136 cm³/mol. The van der Waals surface area contributed by atoms with Gasteiger partial charge in [-0.1, -0.05) is 61.4 Å². The molecule has 33 heavy (non-hydrogen) atoms. The van der Waals surface area contributed by atoms with Crippen LogP contribution < -0.4 is 20.5 Å². The quantitative estimate of drug-likeness (QED) is 0.427. The van der Waals surface area contributed by atoms with Crippen molar-refractivity contribution in [1.29, 1.82) is 0 Å². The summed E-state index contributed by atoms with van der Waals surface area (Å²) in [6.45, 7) is 0. The van der Waals surface area contributed by atoms with Crippen LogP contribution in [0.5, 0.6) is 11.5 Å². The SMILES string of the molecule is COc1cc(OC)c(Cl)c(-c2ccc3nc(NC4CCCCCCCC4N)ncc3c2)c1Cl. The molecule has 176 valence electrons. The van der Waals surface area contributed by atoms with Gasteiger partial charge in [-0.05, 0) is 30.5 Å². The highest BCUT2D eigenvalue weighted by Gasteiger charge is 2.21. The van der Waals surface area contributed by atoms with E-state index in [9.17, 15) is 0 Å². The molecular formula is C25H30Cl2N4O2. The molecule has 0 saturated heterocycles. The van der Waals surface area contributed by atoms with Gasteiger partial charge in [0.05, 0.1) is 29.8 Å². The third-order valence-electron chi connectivity index (χ3n) is 6.33. The number of halogens is 2. The van der Waals surface area contributed by atoms with Crippen molar-refractivity contribution in [2.24, 2.45) is 5.73 Å². The Morgan fingerprint density at radius 1 is 0.939 bits per heavy atom. The zero-order chi connectivity index (χ0) is 23.4. The number of nitrogens with zero attached hydrogens (tertiary/aromatic N) is 2. The molecule has 1 aliphatic carbocycles. The van der Waals surface area contributed by atoms with E-state index in [1.807, 2.05) is 24.4 Å². The van der Waals surface area contributed by atoms with Crippen LogP contribution in [0.1, 0.15) is 44.9 Å². The molecule has 8 heteroatoms. The molecule has 0 bridgehead atoms.